The molecule has 0 spiro atoms. The molecule has 2 aromatic heterocycles. The first kappa shape index (κ1) is 29.0. The first-order chi connectivity index (χ1) is 19.2. The van der Waals surface area contributed by atoms with Crippen molar-refractivity contribution in [2.75, 3.05) is 19.6 Å². The number of amides is 2. The smallest absolute Gasteiger partial charge is 0.307 e. The number of pyridine rings is 1. The Hall–Kier alpha value is -3.46. The monoisotopic (exact) mass is 583 g/mol. The van der Waals surface area contributed by atoms with Crippen molar-refractivity contribution < 1.29 is 28.3 Å². The van der Waals surface area contributed by atoms with E-state index < -0.39 is 29.2 Å². The third kappa shape index (κ3) is 5.44. The lowest BCUT2D eigenvalue weighted by atomic mass is 9.86. The summed E-state index contributed by atoms with van der Waals surface area (Å²) in [4.78, 5) is 46.9. The van der Waals surface area contributed by atoms with Crippen molar-refractivity contribution in [3.63, 3.8) is 0 Å². The molecule has 2 fully saturated rings. The van der Waals surface area contributed by atoms with Crippen LogP contribution >= 0.6 is 11.6 Å². The van der Waals surface area contributed by atoms with Crippen LogP contribution in [0.15, 0.2) is 34.7 Å². The van der Waals surface area contributed by atoms with E-state index in [1.54, 1.807) is 21.9 Å². The highest BCUT2D eigenvalue weighted by Crippen LogP contribution is 2.37. The van der Waals surface area contributed by atoms with Gasteiger partial charge in [-0.3, -0.25) is 14.4 Å². The van der Waals surface area contributed by atoms with Gasteiger partial charge >= 0.3 is 5.97 Å². The zero-order chi connectivity index (χ0) is 29.9. The van der Waals surface area contributed by atoms with E-state index in [4.69, 9.17) is 21.0 Å². The topological polar surface area (TPSA) is 104 Å². The summed E-state index contributed by atoms with van der Waals surface area (Å²) in [5.41, 5.74) is 1.82. The summed E-state index contributed by atoms with van der Waals surface area (Å²) in [6.07, 6.45) is 1.81. The number of nitrogens with zero attached hydrogens (tertiary/aromatic N) is 3. The molecule has 1 saturated carbocycles. The molecule has 1 N–H and O–H groups in total. The standard InChI is InChI=1S/C31H35ClFN3O5/c1-30(2,3)20-14-23(17-9-10-21(32)22(33)13-17)34-24-15-25(41-26(20)24)28(38)36-12-11-35(16-31(36,4)5)27(37)18-7-6-8-19(18)29(39)40/h9-10,13-15,18-19H,6-8,11-12,16H2,1-5H3,(H,39,40)/t18-,19+/m1/s1. The molecule has 41 heavy (non-hydrogen) atoms. The Bertz CT molecular complexity index is 1540. The van der Waals surface area contributed by atoms with E-state index in [9.17, 15) is 23.9 Å². The number of benzene rings is 1. The van der Waals surface area contributed by atoms with Crippen LogP contribution in [-0.2, 0) is 15.0 Å². The van der Waals surface area contributed by atoms with Gasteiger partial charge in [0.1, 0.15) is 11.3 Å². The Labute approximate surface area is 243 Å². The van der Waals surface area contributed by atoms with Crippen LogP contribution in [0.2, 0.25) is 5.02 Å². The largest absolute Gasteiger partial charge is 0.481 e. The number of hydrogen-bond donors (Lipinski definition) is 1. The number of rotatable bonds is 4. The average molecular weight is 584 g/mol. The van der Waals surface area contributed by atoms with Gasteiger partial charge < -0.3 is 19.3 Å². The quantitative estimate of drug-likeness (QED) is 0.395. The van der Waals surface area contributed by atoms with Gasteiger partial charge in [-0.1, -0.05) is 44.9 Å². The molecule has 0 bridgehead atoms. The molecule has 1 aromatic carbocycles. The number of aliphatic carboxylic acids is 1. The molecule has 1 aliphatic heterocycles. The van der Waals surface area contributed by atoms with Gasteiger partial charge in [-0.2, -0.15) is 0 Å². The van der Waals surface area contributed by atoms with Crippen molar-refractivity contribution in [1.82, 2.24) is 14.8 Å². The van der Waals surface area contributed by atoms with Gasteiger partial charge in [0.25, 0.3) is 5.91 Å². The molecule has 2 amide bonds. The molecule has 2 atom stereocenters. The summed E-state index contributed by atoms with van der Waals surface area (Å²) >= 11 is 5.88. The molecule has 1 saturated heterocycles. The van der Waals surface area contributed by atoms with Crippen LogP contribution in [0.25, 0.3) is 22.4 Å². The fourth-order valence-corrected chi connectivity index (χ4v) is 6.24. The number of piperazine rings is 1. The number of fused-ring (bicyclic) bond motifs is 1. The minimum Gasteiger partial charge on any atom is -0.481 e. The zero-order valence-corrected chi connectivity index (χ0v) is 24.7. The van der Waals surface area contributed by atoms with Crippen molar-refractivity contribution in [2.24, 2.45) is 11.8 Å². The average Bonchev–Trinajstić information content (AvgIpc) is 3.55. The van der Waals surface area contributed by atoms with Crippen molar-refractivity contribution in [1.29, 1.82) is 0 Å². The lowest BCUT2D eigenvalue weighted by Crippen LogP contribution is -2.62. The zero-order valence-electron chi connectivity index (χ0n) is 24.0. The van der Waals surface area contributed by atoms with Crippen LogP contribution < -0.4 is 0 Å². The SMILES string of the molecule is CC(C)(C)c1cc(-c2ccc(Cl)c(F)c2)nc2cc(C(=O)N3CCN(C(=O)[C@@H]4CCC[C@@H]4C(=O)O)CC3(C)C)oc12. The number of furan rings is 1. The van der Waals surface area contributed by atoms with Gasteiger partial charge in [0.2, 0.25) is 5.91 Å². The molecular weight excluding hydrogens is 549 g/mol. The molecule has 8 nitrogen and oxygen atoms in total. The maximum absolute atomic E-state index is 14.2. The molecule has 3 heterocycles. The second-order valence-corrected chi connectivity index (χ2v) is 13.2. The summed E-state index contributed by atoms with van der Waals surface area (Å²) in [5, 5.41) is 9.57. The Morgan fingerprint density at radius 2 is 1.80 bits per heavy atom. The molecule has 218 valence electrons. The van der Waals surface area contributed by atoms with E-state index in [2.05, 4.69) is 0 Å². The maximum atomic E-state index is 14.2. The summed E-state index contributed by atoms with van der Waals surface area (Å²) in [5.74, 6) is -2.98. The van der Waals surface area contributed by atoms with Crippen LogP contribution in [0.1, 0.15) is 70.0 Å². The molecule has 3 aromatic rings. The number of hydrogen-bond acceptors (Lipinski definition) is 5. The highest BCUT2D eigenvalue weighted by Gasteiger charge is 2.44. The summed E-state index contributed by atoms with van der Waals surface area (Å²) in [7, 11) is 0. The fraction of sp³-hybridized carbons (Fsp3) is 0.484. The predicted molar refractivity (Wildman–Crippen MR) is 153 cm³/mol. The molecule has 0 unspecified atom stereocenters. The van der Waals surface area contributed by atoms with Crippen LogP contribution in [0.5, 0.6) is 0 Å². The second-order valence-electron chi connectivity index (χ2n) is 12.8. The normalized spacial score (nSPS) is 21.0. The Morgan fingerprint density at radius 1 is 1.10 bits per heavy atom. The van der Waals surface area contributed by atoms with Crippen molar-refractivity contribution in [3.8, 4) is 11.3 Å². The lowest BCUT2D eigenvalue weighted by molar-refractivity contribution is -0.150. The van der Waals surface area contributed by atoms with E-state index >= 15 is 0 Å². The number of carboxylic acid groups (broad SMARTS) is 1. The van der Waals surface area contributed by atoms with Crippen molar-refractivity contribution in [3.05, 3.63) is 52.5 Å². The highest BCUT2D eigenvalue weighted by molar-refractivity contribution is 6.30. The third-order valence-electron chi connectivity index (χ3n) is 8.32. The number of carboxylic acids is 1. The van der Waals surface area contributed by atoms with Gasteiger partial charge in [-0.25, -0.2) is 9.37 Å². The third-order valence-corrected chi connectivity index (χ3v) is 8.63. The van der Waals surface area contributed by atoms with E-state index in [0.717, 1.165) is 12.0 Å². The minimum atomic E-state index is -0.925. The summed E-state index contributed by atoms with van der Waals surface area (Å²) < 4.78 is 20.4. The van der Waals surface area contributed by atoms with Gasteiger partial charge in [0, 0.05) is 36.8 Å². The van der Waals surface area contributed by atoms with Gasteiger partial charge in [-0.05, 0) is 50.3 Å². The second kappa shape index (κ2) is 10.4. The number of carbonyl (C=O) groups is 3. The van der Waals surface area contributed by atoms with E-state index in [0.29, 0.717) is 48.3 Å². The van der Waals surface area contributed by atoms with Gasteiger partial charge in [-0.15, -0.1) is 0 Å². The number of aromatic nitrogens is 1. The van der Waals surface area contributed by atoms with Crippen LogP contribution in [-0.4, -0.2) is 62.8 Å². The van der Waals surface area contributed by atoms with Gasteiger partial charge in [0.15, 0.2) is 11.3 Å². The van der Waals surface area contributed by atoms with Crippen LogP contribution in [0.4, 0.5) is 4.39 Å². The fourth-order valence-electron chi connectivity index (χ4n) is 6.13. The van der Waals surface area contributed by atoms with Crippen molar-refractivity contribution >= 4 is 40.5 Å². The summed E-state index contributed by atoms with van der Waals surface area (Å²) in [6, 6.07) is 7.99. The first-order valence-electron chi connectivity index (χ1n) is 13.9. The van der Waals surface area contributed by atoms with E-state index in [1.807, 2.05) is 40.7 Å². The number of carbonyl (C=O) groups excluding carboxylic acids is 2. The Morgan fingerprint density at radius 3 is 2.44 bits per heavy atom. The van der Waals surface area contributed by atoms with Crippen molar-refractivity contribution in [2.45, 2.75) is 64.8 Å². The van der Waals surface area contributed by atoms with Crippen LogP contribution in [0, 0.1) is 17.7 Å². The molecule has 5 rings (SSSR count). The minimum absolute atomic E-state index is 0.0245. The van der Waals surface area contributed by atoms with Crippen LogP contribution in [0.3, 0.4) is 0 Å². The number of halogens is 2. The van der Waals surface area contributed by atoms with E-state index in [-0.39, 0.29) is 34.6 Å². The molecule has 2 aliphatic rings. The maximum Gasteiger partial charge on any atom is 0.307 e. The molecule has 1 aliphatic carbocycles. The predicted octanol–water partition coefficient (Wildman–Crippen LogP) is 6.15. The van der Waals surface area contributed by atoms with E-state index in [1.165, 1.54) is 12.1 Å². The highest BCUT2D eigenvalue weighted by atomic mass is 35.5. The molecular formula is C31H35ClFN3O5. The van der Waals surface area contributed by atoms with Gasteiger partial charge in [0.05, 0.1) is 28.1 Å². The Balaban J connectivity index is 1.43. The Kier molecular flexibility index (Phi) is 7.39. The first-order valence-corrected chi connectivity index (χ1v) is 14.3. The molecule has 10 heteroatoms. The molecule has 0 radical (unpaired) electrons. The lowest BCUT2D eigenvalue weighted by Gasteiger charge is -2.47. The summed E-state index contributed by atoms with van der Waals surface area (Å²) in [6.45, 7) is 10.7.